The fourth-order valence-corrected chi connectivity index (χ4v) is 6.78. The number of aromatic nitrogens is 4. The van der Waals surface area contributed by atoms with E-state index in [0.29, 0.717) is 0 Å². The summed E-state index contributed by atoms with van der Waals surface area (Å²) in [5, 5.41) is 0. The van der Waals surface area contributed by atoms with Crippen molar-refractivity contribution in [2.24, 2.45) is 0 Å². The maximum atomic E-state index is 5.42. The van der Waals surface area contributed by atoms with Crippen molar-refractivity contribution in [2.75, 3.05) is 0 Å². The van der Waals surface area contributed by atoms with Gasteiger partial charge in [0.25, 0.3) is 0 Å². The molecule has 0 atom stereocenters. The van der Waals surface area contributed by atoms with Crippen LogP contribution < -0.4 is 0 Å². The Morgan fingerprint density at radius 1 is 0.408 bits per heavy atom. The maximum absolute atomic E-state index is 5.42. The molecule has 2 N–H and O–H groups in total. The van der Waals surface area contributed by atoms with Crippen LogP contribution in [0.1, 0.15) is 28.3 Å². The summed E-state index contributed by atoms with van der Waals surface area (Å²) in [6.45, 7) is 0. The van der Waals surface area contributed by atoms with Crippen LogP contribution in [0.4, 0.5) is 0 Å². The first kappa shape index (κ1) is 30.6. The van der Waals surface area contributed by atoms with Crippen LogP contribution in [0.25, 0.3) is 79.2 Å². The van der Waals surface area contributed by atoms with Gasteiger partial charge in [-0.1, -0.05) is 121 Å². The molecule has 5 heterocycles. The predicted molar refractivity (Wildman–Crippen MR) is 208 cm³/mol. The Morgan fingerprint density at radius 2 is 0.898 bits per heavy atom. The normalized spacial score (nSPS) is 12.0. The minimum absolute atomic E-state index is 0. The van der Waals surface area contributed by atoms with Crippen molar-refractivity contribution in [1.29, 1.82) is 0 Å². The number of nitrogens with zero attached hydrogens (tertiary/aromatic N) is 2. The highest BCUT2D eigenvalue weighted by atomic mass is 24.3. The molecule has 3 aromatic heterocycles. The van der Waals surface area contributed by atoms with Crippen molar-refractivity contribution < 1.29 is 0 Å². The Bertz CT molecular complexity index is 2530. The Hall–Kier alpha value is -5.75. The summed E-state index contributed by atoms with van der Waals surface area (Å²) < 4.78 is 0. The van der Waals surface area contributed by atoms with Gasteiger partial charge in [0.15, 0.2) is 0 Å². The summed E-state index contributed by atoms with van der Waals surface area (Å²) in [5.74, 6) is 0. The fourth-order valence-electron chi connectivity index (χ4n) is 6.78. The van der Waals surface area contributed by atoms with Crippen LogP contribution in [-0.4, -0.2) is 43.0 Å². The second kappa shape index (κ2) is 13.0. The molecule has 0 spiro atoms. The molecule has 0 radical (unpaired) electrons. The van der Waals surface area contributed by atoms with E-state index in [-0.39, 0.29) is 23.1 Å². The topological polar surface area (TPSA) is 57.4 Å². The van der Waals surface area contributed by atoms with Gasteiger partial charge in [0.1, 0.15) is 0 Å². The standard InChI is InChI=1S/C44H30N4.Mg.2H/c1-5-13-29(14-6-1)38-27-37-26-35-22-21-33(45-35)25-34-23-24-36(46-34)28-39-40(30-15-7-2-8-16-30)41(31-17-9-3-10-18-31)44(48-39)42(43(38)47-37)32-19-11-4-12-20-32;;;/h1-28,45,48H;;;. The molecule has 0 aliphatic carbocycles. The van der Waals surface area contributed by atoms with E-state index in [1.807, 2.05) is 0 Å². The third kappa shape index (κ3) is 5.84. The van der Waals surface area contributed by atoms with E-state index >= 15 is 0 Å². The van der Waals surface area contributed by atoms with E-state index in [9.17, 15) is 0 Å². The lowest BCUT2D eigenvalue weighted by atomic mass is 9.91. The SMILES string of the molecule is C1=Cc2cc3[nH]c(c(-c4ccccc4)c4nc(cc5ccc(cc1n2)[nH]5)C=C4c1ccccc1)c(-c1ccccc1)c3-c1ccccc1.[MgH2]. The lowest BCUT2D eigenvalue weighted by molar-refractivity contribution is 1.30. The van der Waals surface area contributed by atoms with Crippen molar-refractivity contribution in [3.05, 3.63) is 180 Å². The number of benzene rings is 4. The zero-order valence-corrected chi connectivity index (χ0v) is 26.1. The van der Waals surface area contributed by atoms with Crippen molar-refractivity contribution in [3.8, 4) is 33.4 Å². The van der Waals surface area contributed by atoms with Crippen molar-refractivity contribution in [1.82, 2.24) is 19.9 Å². The fraction of sp³-hybridized carbons (Fsp3) is 0. The zero-order chi connectivity index (χ0) is 31.9. The van der Waals surface area contributed by atoms with Gasteiger partial charge in [-0.2, -0.15) is 0 Å². The van der Waals surface area contributed by atoms with Crippen molar-refractivity contribution >= 4 is 68.9 Å². The largest absolute Gasteiger partial charge is 0.355 e. The maximum Gasteiger partial charge on any atom is 0.316 e. The number of hydrogen-bond acceptors (Lipinski definition) is 2. The van der Waals surface area contributed by atoms with Gasteiger partial charge in [0.05, 0.1) is 28.3 Å². The number of fused-ring (bicyclic) bond motifs is 8. The van der Waals surface area contributed by atoms with Crippen LogP contribution in [0.3, 0.4) is 0 Å². The van der Waals surface area contributed by atoms with Crippen molar-refractivity contribution in [2.45, 2.75) is 0 Å². The zero-order valence-electron chi connectivity index (χ0n) is 26.1. The molecule has 7 aromatic rings. The van der Waals surface area contributed by atoms with Gasteiger partial charge in [-0.15, -0.1) is 0 Å². The molecule has 0 unspecified atom stereocenters. The molecule has 9 rings (SSSR count). The van der Waals surface area contributed by atoms with Gasteiger partial charge in [-0.3, -0.25) is 0 Å². The Morgan fingerprint density at radius 3 is 1.49 bits per heavy atom. The third-order valence-electron chi connectivity index (χ3n) is 8.89. The number of rotatable bonds is 4. The summed E-state index contributed by atoms with van der Waals surface area (Å²) in [5.41, 5.74) is 16.3. The number of nitrogens with one attached hydrogen (secondary N) is 2. The molecule has 0 amide bonds. The highest BCUT2D eigenvalue weighted by molar-refractivity contribution is 6.10. The number of H-pyrrole nitrogens is 2. The van der Waals surface area contributed by atoms with Gasteiger partial charge >= 0.3 is 23.1 Å². The molecule has 2 aliphatic rings. The van der Waals surface area contributed by atoms with Crippen LogP contribution in [-0.2, 0) is 0 Å². The molecule has 49 heavy (non-hydrogen) atoms. The molecule has 4 aromatic carbocycles. The molecule has 0 saturated carbocycles. The predicted octanol–water partition coefficient (Wildman–Crippen LogP) is 10.2. The summed E-state index contributed by atoms with van der Waals surface area (Å²) in [6, 6.07) is 53.0. The van der Waals surface area contributed by atoms with Crippen molar-refractivity contribution in [3.63, 3.8) is 0 Å². The lowest BCUT2D eigenvalue weighted by Crippen LogP contribution is -1.92. The summed E-state index contributed by atoms with van der Waals surface area (Å²) in [6.07, 6.45) is 6.35. The summed E-state index contributed by atoms with van der Waals surface area (Å²) in [4.78, 5) is 17.9. The van der Waals surface area contributed by atoms with Crippen LogP contribution in [0.2, 0.25) is 0 Å². The molecule has 0 saturated heterocycles. The van der Waals surface area contributed by atoms with Gasteiger partial charge < -0.3 is 9.97 Å². The number of aromatic amines is 2. The van der Waals surface area contributed by atoms with E-state index in [0.717, 1.165) is 89.4 Å². The van der Waals surface area contributed by atoms with Gasteiger partial charge in [0, 0.05) is 38.8 Å². The summed E-state index contributed by atoms with van der Waals surface area (Å²) >= 11 is 0. The Balaban J connectivity index is 0.00000348. The molecule has 2 aliphatic heterocycles. The molecular weight excluding hydrogens is 609 g/mol. The Labute approximate surface area is 300 Å². The van der Waals surface area contributed by atoms with Gasteiger partial charge in [-0.05, 0) is 70.8 Å². The van der Waals surface area contributed by atoms with Crippen LogP contribution in [0.15, 0.2) is 152 Å². The molecular formula is C44H32MgN4. The van der Waals surface area contributed by atoms with E-state index < -0.39 is 0 Å². The second-order valence-electron chi connectivity index (χ2n) is 12.0. The van der Waals surface area contributed by atoms with E-state index in [1.165, 1.54) is 0 Å². The highest BCUT2D eigenvalue weighted by Gasteiger charge is 2.24. The molecule has 8 bridgehead atoms. The van der Waals surface area contributed by atoms with Crippen LogP contribution >= 0.6 is 0 Å². The van der Waals surface area contributed by atoms with Gasteiger partial charge in [0.2, 0.25) is 0 Å². The molecule has 0 fully saturated rings. The van der Waals surface area contributed by atoms with Crippen LogP contribution in [0, 0.1) is 0 Å². The molecule has 4 nitrogen and oxygen atoms in total. The average Bonchev–Trinajstić information content (AvgIpc) is 3.94. The first-order chi connectivity index (χ1) is 23.8. The lowest BCUT2D eigenvalue weighted by Gasteiger charge is -2.12. The van der Waals surface area contributed by atoms with Crippen LogP contribution in [0.5, 0.6) is 0 Å². The first-order valence-corrected chi connectivity index (χ1v) is 16.2. The minimum atomic E-state index is 0. The van der Waals surface area contributed by atoms with Gasteiger partial charge in [-0.25, -0.2) is 9.97 Å². The third-order valence-corrected chi connectivity index (χ3v) is 8.89. The molecule has 5 heteroatoms. The quantitative estimate of drug-likeness (QED) is 0.188. The number of hydrogen-bond donors (Lipinski definition) is 2. The first-order valence-electron chi connectivity index (χ1n) is 16.2. The van der Waals surface area contributed by atoms with E-state index in [1.54, 1.807) is 0 Å². The van der Waals surface area contributed by atoms with E-state index in [4.69, 9.17) is 9.97 Å². The summed E-state index contributed by atoms with van der Waals surface area (Å²) in [7, 11) is 0. The monoisotopic (exact) mass is 640 g/mol. The average molecular weight is 641 g/mol. The highest BCUT2D eigenvalue weighted by Crippen LogP contribution is 2.45. The smallest absolute Gasteiger partial charge is 0.316 e. The molecule has 230 valence electrons. The minimum Gasteiger partial charge on any atom is -0.355 e. The Kier molecular flexibility index (Phi) is 8.13. The second-order valence-corrected chi connectivity index (χ2v) is 12.0. The van der Waals surface area contributed by atoms with E-state index in [2.05, 4.69) is 180 Å².